The molecule has 1 unspecified atom stereocenters. The van der Waals surface area contributed by atoms with Gasteiger partial charge in [0.25, 0.3) is 0 Å². The predicted molar refractivity (Wildman–Crippen MR) is 105 cm³/mol. The second kappa shape index (κ2) is 6.46. The van der Waals surface area contributed by atoms with Crippen LogP contribution in [0.3, 0.4) is 0 Å². The number of nitrogens with zero attached hydrogens (tertiary/aromatic N) is 3. The first-order valence-electron chi connectivity index (χ1n) is 8.84. The average Bonchev–Trinajstić information content (AvgIpc) is 3.24. The third-order valence-electron chi connectivity index (χ3n) is 4.87. The molecule has 132 valence electrons. The molecule has 1 fully saturated rings. The normalized spacial score (nSPS) is 23.4. The van der Waals surface area contributed by atoms with Crippen molar-refractivity contribution in [2.24, 2.45) is 4.99 Å². The van der Waals surface area contributed by atoms with Gasteiger partial charge in [0.2, 0.25) is 5.90 Å². The van der Waals surface area contributed by atoms with Gasteiger partial charge in [0.15, 0.2) is 0 Å². The van der Waals surface area contributed by atoms with Gasteiger partial charge in [0.05, 0.1) is 22.8 Å². The van der Waals surface area contributed by atoms with Gasteiger partial charge in [-0.15, -0.1) is 11.3 Å². The van der Waals surface area contributed by atoms with Crippen LogP contribution in [0.15, 0.2) is 46.8 Å². The van der Waals surface area contributed by atoms with Crippen LogP contribution in [0.5, 0.6) is 0 Å². The molecule has 4 nitrogen and oxygen atoms in total. The molecule has 2 aromatic rings. The Balaban J connectivity index is 1.74. The maximum Gasteiger partial charge on any atom is 0.218 e. The fourth-order valence-corrected chi connectivity index (χ4v) is 4.39. The van der Waals surface area contributed by atoms with E-state index in [4.69, 9.17) is 9.73 Å². The zero-order valence-electron chi connectivity index (χ0n) is 15.1. The molecule has 1 saturated heterocycles. The summed E-state index contributed by atoms with van der Waals surface area (Å²) in [5, 5.41) is 2.17. The molecule has 0 amide bonds. The predicted octanol–water partition coefficient (Wildman–Crippen LogP) is 3.80. The summed E-state index contributed by atoms with van der Waals surface area (Å²) in [6.45, 7) is 7.99. The van der Waals surface area contributed by atoms with Crippen LogP contribution in [0.2, 0.25) is 0 Å². The van der Waals surface area contributed by atoms with Gasteiger partial charge in [-0.2, -0.15) is 0 Å². The molecule has 25 heavy (non-hydrogen) atoms. The molecule has 0 N–H and O–H groups in total. The Hall–Kier alpha value is -1.85. The van der Waals surface area contributed by atoms with Crippen molar-refractivity contribution >= 4 is 22.9 Å². The Kier molecular flexibility index (Phi) is 4.29. The number of likely N-dealkylation sites (N-methyl/N-ethyl adjacent to an activating group) is 1. The van der Waals surface area contributed by atoms with Crippen molar-refractivity contribution in [1.82, 2.24) is 4.90 Å². The SMILES string of the molecule is CN1CCN(c2ccccc2C2=NC(C)(C)CO2)C(c2cccs2)C1. The molecule has 0 aliphatic carbocycles. The van der Waals surface area contributed by atoms with Crippen molar-refractivity contribution < 1.29 is 4.74 Å². The average molecular weight is 356 g/mol. The molecular weight excluding hydrogens is 330 g/mol. The molecule has 5 heteroatoms. The van der Waals surface area contributed by atoms with Gasteiger partial charge >= 0.3 is 0 Å². The lowest BCUT2D eigenvalue weighted by atomic mass is 10.1. The molecule has 2 aliphatic heterocycles. The van der Waals surface area contributed by atoms with Crippen molar-refractivity contribution in [3.8, 4) is 0 Å². The lowest BCUT2D eigenvalue weighted by molar-refractivity contribution is 0.270. The zero-order valence-corrected chi connectivity index (χ0v) is 15.9. The third-order valence-corrected chi connectivity index (χ3v) is 5.84. The number of para-hydroxylation sites is 1. The fraction of sp³-hybridized carbons (Fsp3) is 0.450. The Morgan fingerprint density at radius 3 is 2.72 bits per heavy atom. The summed E-state index contributed by atoms with van der Waals surface area (Å²) in [4.78, 5) is 11.2. The number of piperazine rings is 1. The number of ether oxygens (including phenoxy) is 1. The van der Waals surface area contributed by atoms with Gasteiger partial charge in [-0.25, -0.2) is 4.99 Å². The Bertz CT molecular complexity index is 769. The van der Waals surface area contributed by atoms with E-state index >= 15 is 0 Å². The maximum absolute atomic E-state index is 5.95. The monoisotopic (exact) mass is 355 g/mol. The van der Waals surface area contributed by atoms with E-state index in [1.807, 2.05) is 11.3 Å². The quantitative estimate of drug-likeness (QED) is 0.838. The highest BCUT2D eigenvalue weighted by Crippen LogP contribution is 2.36. The standard InChI is InChI=1S/C20H25N3OS/c1-20(2)14-24-19(21-20)15-7-4-5-8-16(15)23-11-10-22(3)13-17(23)18-9-6-12-25-18/h4-9,12,17H,10-11,13-14H2,1-3H3. The number of rotatable bonds is 3. The first kappa shape index (κ1) is 16.6. The van der Waals surface area contributed by atoms with Crippen LogP contribution in [0.4, 0.5) is 5.69 Å². The van der Waals surface area contributed by atoms with E-state index in [1.54, 1.807) is 0 Å². The summed E-state index contributed by atoms with van der Waals surface area (Å²) in [6.07, 6.45) is 0. The lowest BCUT2D eigenvalue weighted by Crippen LogP contribution is -2.47. The van der Waals surface area contributed by atoms with Gasteiger partial charge in [0, 0.05) is 24.5 Å². The van der Waals surface area contributed by atoms with Crippen LogP contribution < -0.4 is 4.90 Å². The highest BCUT2D eigenvalue weighted by atomic mass is 32.1. The molecule has 0 bridgehead atoms. The van der Waals surface area contributed by atoms with E-state index in [-0.39, 0.29) is 5.54 Å². The van der Waals surface area contributed by atoms with Crippen LogP contribution >= 0.6 is 11.3 Å². The van der Waals surface area contributed by atoms with E-state index in [2.05, 4.69) is 72.5 Å². The van der Waals surface area contributed by atoms with Crippen molar-refractivity contribution in [2.45, 2.75) is 25.4 Å². The second-order valence-electron chi connectivity index (χ2n) is 7.52. The Labute approximate surface area is 153 Å². The van der Waals surface area contributed by atoms with Gasteiger partial charge in [0.1, 0.15) is 6.61 Å². The summed E-state index contributed by atoms with van der Waals surface area (Å²) in [5.74, 6) is 0.782. The van der Waals surface area contributed by atoms with Crippen molar-refractivity contribution in [2.75, 3.05) is 38.2 Å². The van der Waals surface area contributed by atoms with E-state index in [0.29, 0.717) is 12.6 Å². The summed E-state index contributed by atoms with van der Waals surface area (Å²) < 4.78 is 5.95. The van der Waals surface area contributed by atoms with E-state index in [0.717, 1.165) is 31.1 Å². The Morgan fingerprint density at radius 2 is 2.00 bits per heavy atom. The highest BCUT2D eigenvalue weighted by Gasteiger charge is 2.32. The number of aliphatic imine (C=N–C) groups is 1. The molecule has 1 aromatic heterocycles. The zero-order chi connectivity index (χ0) is 17.4. The number of hydrogen-bond donors (Lipinski definition) is 0. The molecule has 4 rings (SSSR count). The van der Waals surface area contributed by atoms with Crippen LogP contribution in [-0.2, 0) is 4.74 Å². The Morgan fingerprint density at radius 1 is 1.16 bits per heavy atom. The lowest BCUT2D eigenvalue weighted by Gasteiger charge is -2.41. The van der Waals surface area contributed by atoms with E-state index < -0.39 is 0 Å². The minimum atomic E-state index is -0.141. The summed E-state index contributed by atoms with van der Waals surface area (Å²) >= 11 is 1.84. The molecule has 1 aromatic carbocycles. The van der Waals surface area contributed by atoms with Crippen LogP contribution in [0.1, 0.15) is 30.3 Å². The van der Waals surface area contributed by atoms with E-state index in [9.17, 15) is 0 Å². The smallest absolute Gasteiger partial charge is 0.218 e. The van der Waals surface area contributed by atoms with Gasteiger partial charge < -0.3 is 14.5 Å². The van der Waals surface area contributed by atoms with Gasteiger partial charge in [-0.1, -0.05) is 18.2 Å². The minimum Gasteiger partial charge on any atom is -0.475 e. The summed E-state index contributed by atoms with van der Waals surface area (Å²) in [6, 6.07) is 13.3. The molecular formula is C20H25N3OS. The minimum absolute atomic E-state index is 0.141. The second-order valence-corrected chi connectivity index (χ2v) is 8.50. The third kappa shape index (κ3) is 3.31. The van der Waals surface area contributed by atoms with Gasteiger partial charge in [-0.05, 0) is 44.5 Å². The molecule has 1 atom stereocenters. The molecule has 2 aliphatic rings. The molecule has 0 saturated carbocycles. The largest absolute Gasteiger partial charge is 0.475 e. The van der Waals surface area contributed by atoms with Gasteiger partial charge in [-0.3, -0.25) is 0 Å². The van der Waals surface area contributed by atoms with Crippen molar-refractivity contribution in [3.63, 3.8) is 0 Å². The van der Waals surface area contributed by atoms with Crippen LogP contribution in [0.25, 0.3) is 0 Å². The summed E-state index contributed by atoms with van der Waals surface area (Å²) in [5.41, 5.74) is 2.20. The number of thiophene rings is 1. The molecule has 3 heterocycles. The number of benzene rings is 1. The highest BCUT2D eigenvalue weighted by molar-refractivity contribution is 7.10. The summed E-state index contributed by atoms with van der Waals surface area (Å²) in [7, 11) is 2.20. The van der Waals surface area contributed by atoms with Crippen LogP contribution in [-0.4, -0.2) is 49.6 Å². The van der Waals surface area contributed by atoms with E-state index in [1.165, 1.54) is 10.6 Å². The topological polar surface area (TPSA) is 28.1 Å². The first-order valence-corrected chi connectivity index (χ1v) is 9.72. The van der Waals surface area contributed by atoms with Crippen molar-refractivity contribution in [1.29, 1.82) is 0 Å². The first-order chi connectivity index (χ1) is 12.0. The fourth-order valence-electron chi connectivity index (χ4n) is 3.56. The van der Waals surface area contributed by atoms with Crippen LogP contribution in [0, 0.1) is 0 Å². The molecule has 0 radical (unpaired) electrons. The number of anilines is 1. The van der Waals surface area contributed by atoms with Crippen molar-refractivity contribution in [3.05, 3.63) is 52.2 Å². The number of hydrogen-bond acceptors (Lipinski definition) is 5. The molecule has 0 spiro atoms. The maximum atomic E-state index is 5.95.